The first kappa shape index (κ1) is 20.5. The molecule has 0 saturated carbocycles. The Labute approximate surface area is 155 Å². The fraction of sp³-hybridized carbons (Fsp3) is 0.300. The number of ketones is 1. The molecule has 0 amide bonds. The van der Waals surface area contributed by atoms with E-state index in [1.165, 1.54) is 26.0 Å². The van der Waals surface area contributed by atoms with Crippen LogP contribution in [0.4, 0.5) is 13.2 Å². The normalized spacial score (nSPS) is 11.8. The summed E-state index contributed by atoms with van der Waals surface area (Å²) in [6.45, 7) is 3.17. The Balaban J connectivity index is 1.98. The number of rotatable bonds is 6. The number of hydrogen-bond donors (Lipinski definition) is 0. The Hall–Kier alpha value is -2.83. The van der Waals surface area contributed by atoms with E-state index in [1.807, 2.05) is 31.2 Å². The van der Waals surface area contributed by atoms with Crippen LogP contribution in [0.15, 0.2) is 36.4 Å². The van der Waals surface area contributed by atoms with Crippen molar-refractivity contribution < 1.29 is 27.5 Å². The molecule has 1 heterocycles. The number of aryl methyl sites for hydroxylation is 2. The number of Topliss-reactive ketones (excluding diaryl/α,β-unsaturated/α-hetero) is 1. The maximum Gasteiger partial charge on any atom is 0.406 e. The molecule has 27 heavy (non-hydrogen) atoms. The summed E-state index contributed by atoms with van der Waals surface area (Å²) in [5, 5.41) is 0. The van der Waals surface area contributed by atoms with Crippen LogP contribution in [0.1, 0.15) is 32.9 Å². The van der Waals surface area contributed by atoms with Crippen LogP contribution in [0.2, 0.25) is 0 Å². The van der Waals surface area contributed by atoms with Crippen LogP contribution in [0.3, 0.4) is 0 Å². The minimum absolute atomic E-state index is 0.118. The zero-order valence-corrected chi connectivity index (χ0v) is 15.3. The molecule has 0 bridgehead atoms. The van der Waals surface area contributed by atoms with E-state index < -0.39 is 31.1 Å². The van der Waals surface area contributed by atoms with Gasteiger partial charge in [-0.2, -0.15) is 13.2 Å². The molecule has 0 aliphatic rings. The average molecular weight is 379 g/mol. The van der Waals surface area contributed by atoms with Crippen LogP contribution in [0, 0.1) is 20.8 Å². The third-order valence-corrected chi connectivity index (χ3v) is 4.05. The highest BCUT2D eigenvalue weighted by atomic mass is 19.4. The Morgan fingerprint density at radius 3 is 2.33 bits per heavy atom. The van der Waals surface area contributed by atoms with E-state index in [0.717, 1.165) is 15.7 Å². The second-order valence-corrected chi connectivity index (χ2v) is 6.26. The number of alkyl halides is 3. The average Bonchev–Trinajstić information content (AvgIpc) is 2.86. The Kier molecular flexibility index (Phi) is 6.25. The summed E-state index contributed by atoms with van der Waals surface area (Å²) in [6, 6.07) is 8.83. The first-order chi connectivity index (χ1) is 12.6. The van der Waals surface area contributed by atoms with E-state index in [4.69, 9.17) is 4.74 Å². The lowest BCUT2D eigenvalue weighted by Crippen LogP contribution is -2.20. The van der Waals surface area contributed by atoms with Crippen LogP contribution < -0.4 is 0 Å². The summed E-state index contributed by atoms with van der Waals surface area (Å²) in [5.74, 6) is -1.25. The van der Waals surface area contributed by atoms with Crippen molar-refractivity contribution in [2.75, 3.05) is 6.61 Å². The van der Waals surface area contributed by atoms with Crippen molar-refractivity contribution in [3.05, 3.63) is 64.5 Å². The second kappa shape index (κ2) is 8.24. The molecule has 1 aromatic heterocycles. The third kappa shape index (κ3) is 5.84. The zero-order valence-electron chi connectivity index (χ0n) is 15.3. The van der Waals surface area contributed by atoms with Crippen LogP contribution in [0.25, 0.3) is 6.08 Å². The van der Waals surface area contributed by atoms with Crippen molar-refractivity contribution in [1.82, 2.24) is 4.57 Å². The van der Waals surface area contributed by atoms with Gasteiger partial charge in [-0.3, -0.25) is 4.79 Å². The highest BCUT2D eigenvalue weighted by molar-refractivity contribution is 6.00. The molecule has 2 rings (SSSR count). The summed E-state index contributed by atoms with van der Waals surface area (Å²) >= 11 is 0. The first-order valence-electron chi connectivity index (χ1n) is 8.25. The van der Waals surface area contributed by atoms with Gasteiger partial charge in [-0.1, -0.05) is 29.8 Å². The highest BCUT2D eigenvalue weighted by Crippen LogP contribution is 2.23. The highest BCUT2D eigenvalue weighted by Gasteiger charge is 2.30. The molecule has 7 heteroatoms. The summed E-state index contributed by atoms with van der Waals surface area (Å²) in [6.07, 6.45) is -1.63. The standard InChI is InChI=1S/C20H20F3NO3/c1-13-4-6-16(7-5-13)8-9-19(26)27-11-18(25)17-10-14(2)24(15(17)3)12-20(21,22)23/h4-10H,11-12H2,1-3H3/b9-8+. The van der Waals surface area contributed by atoms with E-state index in [1.54, 1.807) is 6.08 Å². The lowest BCUT2D eigenvalue weighted by atomic mass is 10.1. The molecule has 0 atom stereocenters. The van der Waals surface area contributed by atoms with E-state index in [9.17, 15) is 22.8 Å². The zero-order chi connectivity index (χ0) is 20.2. The van der Waals surface area contributed by atoms with Crippen molar-refractivity contribution in [3.8, 4) is 0 Å². The van der Waals surface area contributed by atoms with Gasteiger partial charge in [0.05, 0.1) is 0 Å². The van der Waals surface area contributed by atoms with Crippen molar-refractivity contribution in [2.24, 2.45) is 0 Å². The third-order valence-electron chi connectivity index (χ3n) is 4.05. The molecule has 0 aliphatic carbocycles. The number of hydrogen-bond acceptors (Lipinski definition) is 3. The summed E-state index contributed by atoms with van der Waals surface area (Å²) in [7, 11) is 0. The van der Waals surface area contributed by atoms with E-state index in [0.29, 0.717) is 5.69 Å². The lowest BCUT2D eigenvalue weighted by molar-refractivity contribution is -0.141. The number of nitrogens with zero attached hydrogens (tertiary/aromatic N) is 1. The van der Waals surface area contributed by atoms with E-state index in [2.05, 4.69) is 0 Å². The molecule has 0 unspecified atom stereocenters. The molecule has 0 aliphatic heterocycles. The fourth-order valence-electron chi connectivity index (χ4n) is 2.61. The quantitative estimate of drug-likeness (QED) is 0.424. The minimum Gasteiger partial charge on any atom is -0.454 e. The van der Waals surface area contributed by atoms with Gasteiger partial charge in [-0.25, -0.2) is 4.79 Å². The summed E-state index contributed by atoms with van der Waals surface area (Å²) in [5.41, 5.74) is 2.52. The number of benzene rings is 1. The summed E-state index contributed by atoms with van der Waals surface area (Å²) < 4.78 is 43.8. The number of ether oxygens (including phenoxy) is 1. The van der Waals surface area contributed by atoms with Gasteiger partial charge in [-0.15, -0.1) is 0 Å². The smallest absolute Gasteiger partial charge is 0.406 e. The molecule has 4 nitrogen and oxygen atoms in total. The van der Waals surface area contributed by atoms with Crippen molar-refractivity contribution in [3.63, 3.8) is 0 Å². The monoisotopic (exact) mass is 379 g/mol. The maximum absolute atomic E-state index is 12.6. The van der Waals surface area contributed by atoms with Gasteiger partial charge in [0.2, 0.25) is 5.78 Å². The van der Waals surface area contributed by atoms with Gasteiger partial charge in [0, 0.05) is 23.0 Å². The first-order valence-corrected chi connectivity index (χ1v) is 8.25. The SMILES string of the molecule is Cc1ccc(/C=C/C(=O)OCC(=O)c2cc(C)n(CC(F)(F)F)c2C)cc1. The van der Waals surface area contributed by atoms with Gasteiger partial charge in [0.25, 0.3) is 0 Å². The fourth-order valence-corrected chi connectivity index (χ4v) is 2.61. The molecule has 0 fully saturated rings. The van der Waals surface area contributed by atoms with Crippen LogP contribution >= 0.6 is 0 Å². The van der Waals surface area contributed by atoms with E-state index >= 15 is 0 Å². The van der Waals surface area contributed by atoms with Gasteiger partial charge in [0.1, 0.15) is 6.54 Å². The number of esters is 1. The van der Waals surface area contributed by atoms with Gasteiger partial charge in [0.15, 0.2) is 6.61 Å². The van der Waals surface area contributed by atoms with Crippen molar-refractivity contribution >= 4 is 17.8 Å². The number of aromatic nitrogens is 1. The van der Waals surface area contributed by atoms with E-state index in [-0.39, 0.29) is 11.3 Å². The predicted molar refractivity (Wildman–Crippen MR) is 95.5 cm³/mol. The molecule has 0 radical (unpaired) electrons. The number of halogens is 3. The molecule has 144 valence electrons. The molecular weight excluding hydrogens is 359 g/mol. The lowest BCUT2D eigenvalue weighted by Gasteiger charge is -2.12. The molecule has 1 aromatic carbocycles. The maximum atomic E-state index is 12.6. The van der Waals surface area contributed by atoms with Crippen molar-refractivity contribution in [2.45, 2.75) is 33.5 Å². The van der Waals surface area contributed by atoms with Gasteiger partial charge in [-0.05, 0) is 38.5 Å². The Morgan fingerprint density at radius 1 is 1.11 bits per heavy atom. The minimum atomic E-state index is -4.39. The molecule has 0 spiro atoms. The molecule has 0 N–H and O–H groups in total. The Morgan fingerprint density at radius 2 is 1.74 bits per heavy atom. The van der Waals surface area contributed by atoms with Crippen LogP contribution in [-0.4, -0.2) is 29.1 Å². The largest absolute Gasteiger partial charge is 0.454 e. The molecule has 2 aromatic rings. The molecular formula is C20H20F3NO3. The van der Waals surface area contributed by atoms with Crippen LogP contribution in [-0.2, 0) is 16.1 Å². The topological polar surface area (TPSA) is 48.3 Å². The van der Waals surface area contributed by atoms with Gasteiger partial charge >= 0.3 is 12.1 Å². The molecule has 0 saturated heterocycles. The van der Waals surface area contributed by atoms with Gasteiger partial charge < -0.3 is 9.30 Å². The second-order valence-electron chi connectivity index (χ2n) is 6.26. The predicted octanol–water partition coefficient (Wildman–Crippen LogP) is 4.41. The van der Waals surface area contributed by atoms with Crippen molar-refractivity contribution in [1.29, 1.82) is 0 Å². The van der Waals surface area contributed by atoms with Crippen LogP contribution in [0.5, 0.6) is 0 Å². The number of carbonyl (C=O) groups excluding carboxylic acids is 2. The Bertz CT molecular complexity index is 862. The number of carbonyl (C=O) groups is 2. The summed E-state index contributed by atoms with van der Waals surface area (Å²) in [4.78, 5) is 24.0.